The molecule has 3 heteroatoms. The third kappa shape index (κ3) is 4.02. The van der Waals surface area contributed by atoms with Crippen LogP contribution in [0.1, 0.15) is 29.9 Å². The van der Waals surface area contributed by atoms with Crippen LogP contribution in [0.5, 0.6) is 0 Å². The van der Waals surface area contributed by atoms with Gasteiger partial charge in [0.15, 0.2) is 0 Å². The number of Topliss-reactive ketones (excluding diaryl/α,β-unsaturated/α-hetero) is 1. The van der Waals surface area contributed by atoms with Crippen LogP contribution in [-0.2, 0) is 14.3 Å². The Bertz CT molecular complexity index is 551. The van der Waals surface area contributed by atoms with Gasteiger partial charge in [0.2, 0.25) is 5.78 Å². The molecule has 0 heterocycles. The van der Waals surface area contributed by atoms with E-state index in [9.17, 15) is 9.59 Å². The Morgan fingerprint density at radius 3 is 1.81 bits per heavy atom. The number of esters is 1. The smallest absolute Gasteiger partial charge is 0.374 e. The second kappa shape index (κ2) is 7.39. The van der Waals surface area contributed by atoms with E-state index in [0.29, 0.717) is 6.42 Å². The van der Waals surface area contributed by atoms with Crippen molar-refractivity contribution in [3.05, 3.63) is 71.8 Å². The molecule has 108 valence electrons. The minimum Gasteiger partial charge on any atom is -0.463 e. The molecular weight excluding hydrogens is 264 g/mol. The molecule has 0 atom stereocenters. The van der Waals surface area contributed by atoms with Crippen molar-refractivity contribution < 1.29 is 14.3 Å². The van der Waals surface area contributed by atoms with E-state index in [0.717, 1.165) is 11.1 Å². The van der Waals surface area contributed by atoms with E-state index >= 15 is 0 Å². The third-order valence-electron chi connectivity index (χ3n) is 3.48. The maximum absolute atomic E-state index is 11.7. The maximum atomic E-state index is 11.7. The van der Waals surface area contributed by atoms with Crippen molar-refractivity contribution in [2.75, 3.05) is 7.11 Å². The van der Waals surface area contributed by atoms with Crippen LogP contribution in [0.2, 0.25) is 0 Å². The van der Waals surface area contributed by atoms with Crippen LogP contribution in [0.15, 0.2) is 60.7 Å². The Balaban J connectivity index is 2.18. The molecule has 0 saturated carbocycles. The molecule has 0 aliphatic carbocycles. The van der Waals surface area contributed by atoms with E-state index in [1.165, 1.54) is 7.11 Å². The van der Waals surface area contributed by atoms with Gasteiger partial charge in [0.05, 0.1) is 7.11 Å². The fourth-order valence-corrected chi connectivity index (χ4v) is 2.39. The van der Waals surface area contributed by atoms with Crippen molar-refractivity contribution in [1.82, 2.24) is 0 Å². The average molecular weight is 282 g/mol. The van der Waals surface area contributed by atoms with Crippen molar-refractivity contribution in [2.24, 2.45) is 0 Å². The van der Waals surface area contributed by atoms with Gasteiger partial charge in [0, 0.05) is 12.3 Å². The lowest BCUT2D eigenvalue weighted by molar-refractivity contribution is -0.151. The monoisotopic (exact) mass is 282 g/mol. The normalized spacial score (nSPS) is 10.4. The number of carbonyl (C=O) groups is 2. The molecule has 0 N–H and O–H groups in total. The molecule has 0 aromatic heterocycles. The summed E-state index contributed by atoms with van der Waals surface area (Å²) in [6.07, 6.45) is 0.767. The molecule has 0 radical (unpaired) electrons. The van der Waals surface area contributed by atoms with Crippen molar-refractivity contribution in [3.63, 3.8) is 0 Å². The first-order valence-corrected chi connectivity index (χ1v) is 6.93. The van der Waals surface area contributed by atoms with Gasteiger partial charge in [0.25, 0.3) is 0 Å². The van der Waals surface area contributed by atoms with E-state index in [-0.39, 0.29) is 12.3 Å². The summed E-state index contributed by atoms with van der Waals surface area (Å²) in [5, 5.41) is 0. The molecule has 2 aromatic carbocycles. The summed E-state index contributed by atoms with van der Waals surface area (Å²) in [5.74, 6) is -1.15. The molecule has 2 rings (SSSR count). The fraction of sp³-hybridized carbons (Fsp3) is 0.222. The van der Waals surface area contributed by atoms with Gasteiger partial charge in [-0.1, -0.05) is 60.7 Å². The summed E-state index contributed by atoms with van der Waals surface area (Å²) < 4.78 is 4.47. The number of carbonyl (C=O) groups excluding carboxylic acids is 2. The number of hydrogen-bond donors (Lipinski definition) is 0. The molecule has 0 aliphatic rings. The van der Waals surface area contributed by atoms with E-state index in [4.69, 9.17) is 0 Å². The zero-order chi connectivity index (χ0) is 15.1. The third-order valence-corrected chi connectivity index (χ3v) is 3.48. The van der Waals surface area contributed by atoms with Crippen molar-refractivity contribution in [1.29, 1.82) is 0 Å². The Kier molecular flexibility index (Phi) is 5.27. The van der Waals surface area contributed by atoms with Gasteiger partial charge in [-0.05, 0) is 17.5 Å². The van der Waals surface area contributed by atoms with E-state index in [1.54, 1.807) is 0 Å². The zero-order valence-electron chi connectivity index (χ0n) is 12.0. The molecule has 0 aliphatic heterocycles. The van der Waals surface area contributed by atoms with Crippen LogP contribution in [0, 0.1) is 0 Å². The topological polar surface area (TPSA) is 43.4 Å². The van der Waals surface area contributed by atoms with Crippen molar-refractivity contribution in [2.45, 2.75) is 18.8 Å². The maximum Gasteiger partial charge on any atom is 0.374 e. The van der Waals surface area contributed by atoms with Crippen LogP contribution in [0.4, 0.5) is 0 Å². The Labute approximate surface area is 124 Å². The van der Waals surface area contributed by atoms with Gasteiger partial charge in [-0.3, -0.25) is 4.79 Å². The van der Waals surface area contributed by atoms with Crippen LogP contribution in [0.25, 0.3) is 0 Å². The summed E-state index contributed by atoms with van der Waals surface area (Å²) in [7, 11) is 1.23. The van der Waals surface area contributed by atoms with Crippen LogP contribution >= 0.6 is 0 Å². The van der Waals surface area contributed by atoms with Gasteiger partial charge >= 0.3 is 5.97 Å². The Morgan fingerprint density at radius 1 is 0.905 bits per heavy atom. The lowest BCUT2D eigenvalue weighted by Crippen LogP contribution is -2.16. The second-order valence-electron chi connectivity index (χ2n) is 4.83. The molecule has 0 saturated heterocycles. The number of hydrogen-bond acceptors (Lipinski definition) is 3. The van der Waals surface area contributed by atoms with Gasteiger partial charge in [-0.2, -0.15) is 0 Å². The fourth-order valence-electron chi connectivity index (χ4n) is 2.39. The molecule has 0 amide bonds. The first kappa shape index (κ1) is 15.0. The molecule has 0 fully saturated rings. The first-order chi connectivity index (χ1) is 10.2. The van der Waals surface area contributed by atoms with Crippen molar-refractivity contribution >= 4 is 11.8 Å². The lowest BCUT2D eigenvalue weighted by Gasteiger charge is -2.17. The quantitative estimate of drug-likeness (QED) is 0.603. The highest BCUT2D eigenvalue weighted by Crippen LogP contribution is 2.29. The number of ketones is 1. The Morgan fingerprint density at radius 2 is 1.38 bits per heavy atom. The predicted octanol–water partition coefficient (Wildman–Crippen LogP) is 3.34. The molecule has 21 heavy (non-hydrogen) atoms. The van der Waals surface area contributed by atoms with Gasteiger partial charge in [-0.15, -0.1) is 0 Å². The minimum atomic E-state index is -0.769. The summed E-state index contributed by atoms with van der Waals surface area (Å²) in [6, 6.07) is 20.0. The number of benzene rings is 2. The van der Waals surface area contributed by atoms with Gasteiger partial charge < -0.3 is 4.74 Å². The van der Waals surface area contributed by atoms with E-state index in [2.05, 4.69) is 4.74 Å². The average Bonchev–Trinajstić information content (AvgIpc) is 2.56. The molecule has 3 nitrogen and oxygen atoms in total. The summed E-state index contributed by atoms with van der Waals surface area (Å²) >= 11 is 0. The van der Waals surface area contributed by atoms with Crippen LogP contribution in [0.3, 0.4) is 0 Å². The molecule has 0 bridgehead atoms. The highest BCUT2D eigenvalue weighted by Gasteiger charge is 2.19. The molecule has 0 spiro atoms. The summed E-state index contributed by atoms with van der Waals surface area (Å²) in [4.78, 5) is 22.9. The summed E-state index contributed by atoms with van der Waals surface area (Å²) in [5.41, 5.74) is 2.28. The van der Waals surface area contributed by atoms with E-state index < -0.39 is 11.8 Å². The SMILES string of the molecule is COC(=O)C(=O)CCC(c1ccccc1)c1ccccc1. The number of ether oxygens (including phenoxy) is 1. The minimum absolute atomic E-state index is 0.0982. The van der Waals surface area contributed by atoms with Gasteiger partial charge in [-0.25, -0.2) is 4.79 Å². The molecular formula is C18H18O3. The van der Waals surface area contributed by atoms with Crippen LogP contribution in [-0.4, -0.2) is 18.9 Å². The van der Waals surface area contributed by atoms with E-state index in [1.807, 2.05) is 60.7 Å². The Hall–Kier alpha value is -2.42. The lowest BCUT2D eigenvalue weighted by atomic mass is 9.87. The first-order valence-electron chi connectivity index (χ1n) is 6.93. The van der Waals surface area contributed by atoms with Gasteiger partial charge in [0.1, 0.15) is 0 Å². The molecule has 0 unspecified atom stereocenters. The zero-order valence-corrected chi connectivity index (χ0v) is 12.0. The summed E-state index contributed by atoms with van der Waals surface area (Å²) in [6.45, 7) is 0. The highest BCUT2D eigenvalue weighted by atomic mass is 16.5. The number of rotatable bonds is 6. The second-order valence-corrected chi connectivity index (χ2v) is 4.83. The van der Waals surface area contributed by atoms with Crippen molar-refractivity contribution in [3.8, 4) is 0 Å². The largest absolute Gasteiger partial charge is 0.463 e. The molecule has 2 aromatic rings. The number of methoxy groups -OCH3 is 1. The predicted molar refractivity (Wildman–Crippen MR) is 81.0 cm³/mol. The standard InChI is InChI=1S/C18H18O3/c1-21-18(20)17(19)13-12-16(14-8-4-2-5-9-14)15-10-6-3-7-11-15/h2-11,16H,12-13H2,1H3. The van der Waals surface area contributed by atoms with Crippen LogP contribution < -0.4 is 0 Å². The highest BCUT2D eigenvalue weighted by molar-refractivity contribution is 6.33.